The van der Waals surface area contributed by atoms with Crippen LogP contribution in [0.3, 0.4) is 0 Å². The van der Waals surface area contributed by atoms with E-state index in [1.807, 2.05) is 12.1 Å². The number of benzene rings is 2. The number of aromatic nitrogens is 2. The van der Waals surface area contributed by atoms with Gasteiger partial charge in [0.05, 0.1) is 16.6 Å². The molecule has 27 heavy (non-hydrogen) atoms. The number of imidazole rings is 1. The number of hydrogen-bond donors (Lipinski definition) is 1. The van der Waals surface area contributed by atoms with Crippen LogP contribution in [0, 0.1) is 23.0 Å². The first-order valence-electron chi connectivity index (χ1n) is 9.54. The average molecular weight is 366 g/mol. The molecule has 0 bridgehead atoms. The predicted molar refractivity (Wildman–Crippen MR) is 106 cm³/mol. The number of H-pyrrole nitrogens is 1. The van der Waals surface area contributed by atoms with Crippen LogP contribution in [-0.2, 0) is 0 Å². The minimum Gasteiger partial charge on any atom is -0.338 e. The van der Waals surface area contributed by atoms with E-state index in [9.17, 15) is 8.78 Å². The first-order chi connectivity index (χ1) is 12.9. The zero-order valence-corrected chi connectivity index (χ0v) is 15.7. The standard InChI is InChI=1S/C23H24F2N2/c1-23(2)12-10-15(11-13-23)6-9-21-26-19-8-7-16(14-20(19)27-21)22-17(24)4-3-5-18(22)25/h3-9,14-15H,10-13H2,1-2H3,(H,26,27)/b9-6+. The summed E-state index contributed by atoms with van der Waals surface area (Å²) >= 11 is 0. The molecule has 2 nitrogen and oxygen atoms in total. The largest absolute Gasteiger partial charge is 0.338 e. The number of aromatic amines is 1. The van der Waals surface area contributed by atoms with E-state index in [0.29, 0.717) is 22.4 Å². The van der Waals surface area contributed by atoms with Crippen molar-refractivity contribution >= 4 is 17.1 Å². The normalized spacial score (nSPS) is 17.8. The lowest BCUT2D eigenvalue weighted by Gasteiger charge is -2.32. The molecule has 0 saturated heterocycles. The fraction of sp³-hybridized carbons (Fsp3) is 0.348. The van der Waals surface area contributed by atoms with Crippen molar-refractivity contribution in [2.24, 2.45) is 11.3 Å². The summed E-state index contributed by atoms with van der Waals surface area (Å²) in [6, 6.07) is 9.19. The number of halogens is 2. The first kappa shape index (κ1) is 17.9. The maximum Gasteiger partial charge on any atom is 0.133 e. The van der Waals surface area contributed by atoms with Gasteiger partial charge in [-0.05, 0) is 72.9 Å². The van der Waals surface area contributed by atoms with Crippen LogP contribution in [0.5, 0.6) is 0 Å². The van der Waals surface area contributed by atoms with Crippen molar-refractivity contribution in [1.29, 1.82) is 0 Å². The molecule has 4 rings (SSSR count). The predicted octanol–water partition coefficient (Wildman–Crippen LogP) is 6.74. The van der Waals surface area contributed by atoms with Gasteiger partial charge in [0.25, 0.3) is 0 Å². The van der Waals surface area contributed by atoms with Gasteiger partial charge in [-0.3, -0.25) is 0 Å². The maximum absolute atomic E-state index is 14.0. The van der Waals surface area contributed by atoms with Gasteiger partial charge in [-0.25, -0.2) is 13.8 Å². The number of hydrogen-bond acceptors (Lipinski definition) is 1. The highest BCUT2D eigenvalue weighted by Crippen LogP contribution is 2.38. The Balaban J connectivity index is 1.57. The molecule has 0 amide bonds. The second kappa shape index (κ2) is 6.91. The lowest BCUT2D eigenvalue weighted by atomic mass is 9.73. The van der Waals surface area contributed by atoms with Gasteiger partial charge in [0.15, 0.2) is 0 Å². The summed E-state index contributed by atoms with van der Waals surface area (Å²) in [4.78, 5) is 7.86. The molecule has 1 aliphatic rings. The second-order valence-electron chi connectivity index (χ2n) is 8.31. The quantitative estimate of drug-likeness (QED) is 0.546. The van der Waals surface area contributed by atoms with E-state index in [1.54, 1.807) is 12.1 Å². The van der Waals surface area contributed by atoms with Gasteiger partial charge in [-0.2, -0.15) is 0 Å². The summed E-state index contributed by atoms with van der Waals surface area (Å²) in [6.07, 6.45) is 9.19. The zero-order chi connectivity index (χ0) is 19.0. The van der Waals surface area contributed by atoms with Crippen molar-refractivity contribution < 1.29 is 8.78 Å². The lowest BCUT2D eigenvalue weighted by molar-refractivity contribution is 0.214. The first-order valence-corrected chi connectivity index (χ1v) is 9.54. The molecule has 1 N–H and O–H groups in total. The van der Waals surface area contributed by atoms with Gasteiger partial charge >= 0.3 is 0 Å². The van der Waals surface area contributed by atoms with E-state index >= 15 is 0 Å². The fourth-order valence-electron chi connectivity index (χ4n) is 3.87. The van der Waals surface area contributed by atoms with Gasteiger partial charge in [0.2, 0.25) is 0 Å². The van der Waals surface area contributed by atoms with Gasteiger partial charge in [-0.15, -0.1) is 0 Å². The molecular weight excluding hydrogens is 342 g/mol. The molecule has 3 aromatic rings. The van der Waals surface area contributed by atoms with Gasteiger partial charge in [0, 0.05) is 0 Å². The van der Waals surface area contributed by atoms with E-state index in [-0.39, 0.29) is 5.56 Å². The molecule has 0 unspecified atom stereocenters. The highest BCUT2D eigenvalue weighted by Gasteiger charge is 2.25. The molecule has 2 aromatic carbocycles. The van der Waals surface area contributed by atoms with Crippen LogP contribution in [0.4, 0.5) is 8.78 Å². The van der Waals surface area contributed by atoms with Gasteiger partial charge in [-0.1, -0.05) is 32.1 Å². The third kappa shape index (κ3) is 3.80. The Hall–Kier alpha value is -2.49. The molecule has 1 heterocycles. The number of nitrogens with one attached hydrogen (secondary N) is 1. The SMILES string of the molecule is CC1(C)CCC(/C=C/c2nc3cc(-c4c(F)cccc4F)ccc3[nH]2)CC1. The zero-order valence-electron chi connectivity index (χ0n) is 15.7. The molecule has 0 atom stereocenters. The minimum absolute atomic E-state index is 0.00990. The Morgan fingerprint density at radius 2 is 1.78 bits per heavy atom. The highest BCUT2D eigenvalue weighted by atomic mass is 19.1. The number of fused-ring (bicyclic) bond motifs is 1. The summed E-state index contributed by atoms with van der Waals surface area (Å²) in [5, 5.41) is 0. The Kier molecular flexibility index (Phi) is 4.58. The van der Waals surface area contributed by atoms with Crippen molar-refractivity contribution in [2.45, 2.75) is 39.5 Å². The summed E-state index contributed by atoms with van der Waals surface area (Å²) in [6.45, 7) is 4.67. The van der Waals surface area contributed by atoms with Gasteiger partial charge in [0.1, 0.15) is 17.5 Å². The second-order valence-corrected chi connectivity index (χ2v) is 8.31. The molecule has 0 aliphatic heterocycles. The van der Waals surface area contributed by atoms with E-state index in [1.165, 1.54) is 43.9 Å². The third-order valence-corrected chi connectivity index (χ3v) is 5.66. The van der Waals surface area contributed by atoms with Crippen LogP contribution < -0.4 is 0 Å². The molecule has 1 fully saturated rings. The van der Waals surface area contributed by atoms with E-state index in [0.717, 1.165) is 11.3 Å². The highest BCUT2D eigenvalue weighted by molar-refractivity contribution is 5.83. The molecule has 4 heteroatoms. The maximum atomic E-state index is 14.0. The number of allylic oxidation sites excluding steroid dienone is 1. The van der Waals surface area contributed by atoms with Crippen molar-refractivity contribution in [3.05, 3.63) is 59.9 Å². The summed E-state index contributed by atoms with van der Waals surface area (Å²) < 4.78 is 28.1. The third-order valence-electron chi connectivity index (χ3n) is 5.66. The van der Waals surface area contributed by atoms with Crippen LogP contribution in [0.1, 0.15) is 45.4 Å². The van der Waals surface area contributed by atoms with Crippen LogP contribution in [0.15, 0.2) is 42.5 Å². The Morgan fingerprint density at radius 3 is 2.48 bits per heavy atom. The van der Waals surface area contributed by atoms with Crippen LogP contribution in [0.2, 0.25) is 0 Å². The minimum atomic E-state index is -0.565. The Bertz CT molecular complexity index is 971. The van der Waals surface area contributed by atoms with Crippen molar-refractivity contribution in [3.63, 3.8) is 0 Å². The van der Waals surface area contributed by atoms with Crippen LogP contribution >= 0.6 is 0 Å². The smallest absolute Gasteiger partial charge is 0.133 e. The van der Waals surface area contributed by atoms with Crippen molar-refractivity contribution in [2.75, 3.05) is 0 Å². The molecular formula is C23H24F2N2. The average Bonchev–Trinajstić information content (AvgIpc) is 3.03. The lowest BCUT2D eigenvalue weighted by Crippen LogP contribution is -2.20. The van der Waals surface area contributed by atoms with Crippen LogP contribution in [0.25, 0.3) is 28.2 Å². The molecule has 0 radical (unpaired) electrons. The van der Waals surface area contributed by atoms with E-state index < -0.39 is 11.6 Å². The van der Waals surface area contributed by atoms with Gasteiger partial charge < -0.3 is 4.98 Å². The van der Waals surface area contributed by atoms with Crippen LogP contribution in [-0.4, -0.2) is 9.97 Å². The van der Waals surface area contributed by atoms with Crippen molar-refractivity contribution in [3.8, 4) is 11.1 Å². The summed E-state index contributed by atoms with van der Waals surface area (Å²) in [7, 11) is 0. The van der Waals surface area contributed by atoms with E-state index in [2.05, 4.69) is 29.9 Å². The monoisotopic (exact) mass is 366 g/mol. The molecule has 1 aromatic heterocycles. The topological polar surface area (TPSA) is 28.7 Å². The summed E-state index contributed by atoms with van der Waals surface area (Å²) in [5.41, 5.74) is 2.51. The number of nitrogens with zero attached hydrogens (tertiary/aromatic N) is 1. The molecule has 1 saturated carbocycles. The number of rotatable bonds is 3. The molecule has 1 aliphatic carbocycles. The fourth-order valence-corrected chi connectivity index (χ4v) is 3.87. The van der Waals surface area contributed by atoms with Crippen molar-refractivity contribution in [1.82, 2.24) is 9.97 Å². The Labute approximate surface area is 158 Å². The molecule has 0 spiro atoms. The summed E-state index contributed by atoms with van der Waals surface area (Å²) in [5.74, 6) is 0.241. The molecule has 140 valence electrons. The van der Waals surface area contributed by atoms with E-state index in [4.69, 9.17) is 0 Å². The Morgan fingerprint density at radius 1 is 1.07 bits per heavy atom.